The highest BCUT2D eigenvalue weighted by atomic mass is 79.9. The molecule has 3 nitrogen and oxygen atoms in total. The maximum Gasteiger partial charge on any atom is 0.342 e. The molecule has 0 unspecified atom stereocenters. The number of halogens is 1. The summed E-state index contributed by atoms with van der Waals surface area (Å²) in [5.41, 5.74) is 1.27. The number of hydrogen-bond acceptors (Lipinski definition) is 3. The van der Waals surface area contributed by atoms with Crippen molar-refractivity contribution in [3.8, 4) is 0 Å². The first-order chi connectivity index (χ1) is 7.15. The molecule has 1 aliphatic heterocycles. The largest absolute Gasteiger partial charge is 0.389 e. The highest BCUT2D eigenvalue weighted by Gasteiger charge is 2.26. The number of cyclic esters (lactones) is 2. The number of esters is 2. The van der Waals surface area contributed by atoms with Gasteiger partial charge in [0.05, 0.1) is 6.42 Å². The summed E-state index contributed by atoms with van der Waals surface area (Å²) < 4.78 is 5.34. The van der Waals surface area contributed by atoms with Crippen molar-refractivity contribution >= 4 is 33.9 Å². The van der Waals surface area contributed by atoms with Crippen LogP contribution in [-0.2, 0) is 14.3 Å². The van der Waals surface area contributed by atoms with Crippen molar-refractivity contribution in [1.82, 2.24) is 0 Å². The quantitative estimate of drug-likeness (QED) is 0.445. The van der Waals surface area contributed by atoms with Crippen LogP contribution in [0.15, 0.2) is 34.3 Å². The first-order valence-corrected chi connectivity index (χ1v) is 5.15. The standard InChI is InChI=1S/C11H7BrO3/c12-9-3-1-2-7(5-9)4-8-6-10(13)15-11(8)14/h1-5H,6H2/b8-4+. The van der Waals surface area contributed by atoms with E-state index in [1.165, 1.54) is 0 Å². The summed E-state index contributed by atoms with van der Waals surface area (Å²) in [7, 11) is 0. The number of ether oxygens (including phenoxy) is 1. The van der Waals surface area contributed by atoms with E-state index in [2.05, 4.69) is 20.7 Å². The number of hydrogen-bond donors (Lipinski definition) is 0. The molecule has 0 spiro atoms. The van der Waals surface area contributed by atoms with Gasteiger partial charge in [0.2, 0.25) is 0 Å². The van der Waals surface area contributed by atoms with Gasteiger partial charge in [-0.3, -0.25) is 4.79 Å². The van der Waals surface area contributed by atoms with Crippen molar-refractivity contribution in [3.63, 3.8) is 0 Å². The molecule has 1 aliphatic rings. The Hall–Kier alpha value is -1.42. The van der Waals surface area contributed by atoms with Crippen molar-refractivity contribution in [2.24, 2.45) is 0 Å². The molecule has 0 saturated carbocycles. The van der Waals surface area contributed by atoms with Gasteiger partial charge >= 0.3 is 11.9 Å². The van der Waals surface area contributed by atoms with Gasteiger partial charge in [0.25, 0.3) is 0 Å². The minimum Gasteiger partial charge on any atom is -0.389 e. The third-order valence-electron chi connectivity index (χ3n) is 1.99. The summed E-state index contributed by atoms with van der Waals surface area (Å²) in [5, 5.41) is 0. The molecule has 15 heavy (non-hydrogen) atoms. The lowest BCUT2D eigenvalue weighted by atomic mass is 10.1. The predicted octanol–water partition coefficient (Wildman–Crippen LogP) is 2.31. The third kappa shape index (κ3) is 2.33. The fraction of sp³-hybridized carbons (Fsp3) is 0.0909. The summed E-state index contributed by atoms with van der Waals surface area (Å²) in [4.78, 5) is 22.0. The van der Waals surface area contributed by atoms with Crippen LogP contribution in [0.2, 0.25) is 0 Å². The molecular formula is C11H7BrO3. The van der Waals surface area contributed by atoms with Crippen LogP contribution >= 0.6 is 15.9 Å². The zero-order valence-corrected chi connectivity index (χ0v) is 9.28. The minimum atomic E-state index is -0.542. The molecule has 0 aromatic heterocycles. The molecule has 76 valence electrons. The Kier molecular flexibility index (Phi) is 2.68. The average molecular weight is 267 g/mol. The van der Waals surface area contributed by atoms with E-state index in [-0.39, 0.29) is 6.42 Å². The fourth-order valence-corrected chi connectivity index (χ4v) is 1.76. The molecule has 1 saturated heterocycles. The molecule has 2 rings (SSSR count). The number of carbonyl (C=O) groups is 2. The summed E-state index contributed by atoms with van der Waals surface area (Å²) in [6.45, 7) is 0. The summed E-state index contributed by atoms with van der Waals surface area (Å²) in [6, 6.07) is 7.47. The Labute approximate surface area is 94.9 Å². The molecule has 0 N–H and O–H groups in total. The Balaban J connectivity index is 2.31. The molecule has 1 fully saturated rings. The van der Waals surface area contributed by atoms with Gasteiger partial charge in [-0.2, -0.15) is 0 Å². The highest BCUT2D eigenvalue weighted by Crippen LogP contribution is 2.20. The number of carbonyl (C=O) groups excluding carboxylic acids is 2. The lowest BCUT2D eigenvalue weighted by Gasteiger charge is -1.95. The smallest absolute Gasteiger partial charge is 0.342 e. The molecule has 0 amide bonds. The van der Waals surface area contributed by atoms with E-state index in [4.69, 9.17) is 0 Å². The maximum absolute atomic E-state index is 11.2. The van der Waals surface area contributed by atoms with E-state index in [9.17, 15) is 9.59 Å². The highest BCUT2D eigenvalue weighted by molar-refractivity contribution is 9.10. The Morgan fingerprint density at radius 1 is 1.33 bits per heavy atom. The van der Waals surface area contributed by atoms with Gasteiger partial charge < -0.3 is 4.74 Å². The first-order valence-electron chi connectivity index (χ1n) is 4.36. The van der Waals surface area contributed by atoms with Crippen LogP contribution < -0.4 is 0 Å². The maximum atomic E-state index is 11.2. The summed E-state index contributed by atoms with van der Waals surface area (Å²) in [6.07, 6.45) is 1.73. The van der Waals surface area contributed by atoms with Crippen LogP contribution in [0.3, 0.4) is 0 Å². The fourth-order valence-electron chi connectivity index (χ4n) is 1.34. The van der Waals surface area contributed by atoms with Crippen molar-refractivity contribution in [1.29, 1.82) is 0 Å². The van der Waals surface area contributed by atoms with Gasteiger partial charge in [-0.15, -0.1) is 0 Å². The van der Waals surface area contributed by atoms with E-state index >= 15 is 0 Å². The molecule has 4 heteroatoms. The van der Waals surface area contributed by atoms with Crippen LogP contribution in [0.5, 0.6) is 0 Å². The monoisotopic (exact) mass is 266 g/mol. The topological polar surface area (TPSA) is 43.4 Å². The Morgan fingerprint density at radius 3 is 2.73 bits per heavy atom. The van der Waals surface area contributed by atoms with E-state index in [0.717, 1.165) is 10.0 Å². The van der Waals surface area contributed by atoms with Crippen LogP contribution in [0.4, 0.5) is 0 Å². The summed E-state index contributed by atoms with van der Waals surface area (Å²) >= 11 is 3.33. The molecule has 1 heterocycles. The van der Waals surface area contributed by atoms with Gasteiger partial charge in [-0.1, -0.05) is 28.1 Å². The number of rotatable bonds is 1. The zero-order chi connectivity index (χ0) is 10.8. The van der Waals surface area contributed by atoms with Gasteiger partial charge in [0.1, 0.15) is 0 Å². The molecule has 0 bridgehead atoms. The van der Waals surface area contributed by atoms with E-state index in [0.29, 0.717) is 5.57 Å². The van der Waals surface area contributed by atoms with Gasteiger partial charge in [0, 0.05) is 10.0 Å². The van der Waals surface area contributed by atoms with Crippen molar-refractivity contribution in [2.45, 2.75) is 6.42 Å². The van der Waals surface area contributed by atoms with Crippen molar-refractivity contribution in [3.05, 3.63) is 39.9 Å². The van der Waals surface area contributed by atoms with Gasteiger partial charge in [-0.25, -0.2) is 4.79 Å². The molecule has 0 atom stereocenters. The molecule has 0 radical (unpaired) electrons. The first kappa shape index (κ1) is 10.1. The SMILES string of the molecule is O=C1C/C(=C\c2cccc(Br)c2)C(=O)O1. The van der Waals surface area contributed by atoms with E-state index < -0.39 is 11.9 Å². The van der Waals surface area contributed by atoms with E-state index in [1.807, 2.05) is 24.3 Å². The lowest BCUT2D eigenvalue weighted by molar-refractivity contribution is -0.151. The second-order valence-corrected chi connectivity index (χ2v) is 4.08. The van der Waals surface area contributed by atoms with Crippen LogP contribution in [0.25, 0.3) is 6.08 Å². The molecule has 1 aromatic carbocycles. The van der Waals surface area contributed by atoms with E-state index in [1.54, 1.807) is 6.08 Å². The second kappa shape index (κ2) is 3.98. The molecule has 1 aromatic rings. The van der Waals surface area contributed by atoms with Gasteiger partial charge in [0.15, 0.2) is 0 Å². The number of benzene rings is 1. The Morgan fingerprint density at radius 2 is 2.13 bits per heavy atom. The second-order valence-electron chi connectivity index (χ2n) is 3.16. The summed E-state index contributed by atoms with van der Waals surface area (Å²) in [5.74, 6) is -1.03. The normalized spacial score (nSPS) is 18.3. The minimum absolute atomic E-state index is 0.0609. The molecular weight excluding hydrogens is 260 g/mol. The molecule has 0 aliphatic carbocycles. The predicted molar refractivity (Wildman–Crippen MR) is 57.8 cm³/mol. The zero-order valence-electron chi connectivity index (χ0n) is 7.70. The Bertz CT molecular complexity index is 463. The van der Waals surface area contributed by atoms with Gasteiger partial charge in [-0.05, 0) is 23.8 Å². The van der Waals surface area contributed by atoms with Crippen LogP contribution in [0.1, 0.15) is 12.0 Å². The third-order valence-corrected chi connectivity index (χ3v) is 2.49. The van der Waals surface area contributed by atoms with Crippen molar-refractivity contribution < 1.29 is 14.3 Å². The van der Waals surface area contributed by atoms with Crippen LogP contribution in [-0.4, -0.2) is 11.9 Å². The van der Waals surface area contributed by atoms with Crippen LogP contribution in [0, 0.1) is 0 Å². The van der Waals surface area contributed by atoms with Crippen molar-refractivity contribution in [2.75, 3.05) is 0 Å². The average Bonchev–Trinajstić information content (AvgIpc) is 2.45. The lowest BCUT2D eigenvalue weighted by Crippen LogP contribution is -1.96.